The molecule has 0 aliphatic rings. The van der Waals surface area contributed by atoms with Crippen molar-refractivity contribution in [1.29, 1.82) is 0 Å². The Labute approximate surface area is 120 Å². The van der Waals surface area contributed by atoms with Gasteiger partial charge < -0.3 is 15.2 Å². The van der Waals surface area contributed by atoms with Crippen LogP contribution >= 0.6 is 0 Å². The summed E-state index contributed by atoms with van der Waals surface area (Å²) < 4.78 is 5.60. The highest BCUT2D eigenvalue weighted by Crippen LogP contribution is 2.15. The molecule has 0 saturated carbocycles. The van der Waals surface area contributed by atoms with E-state index in [4.69, 9.17) is 9.84 Å². The standard InChI is InChI=1S/C16H23NO3/c1-12(2)20-15-6-4-5-14(11-15)7-8-16(19)17-13(3)9-10-18/h4-8,11-13,18H,9-10H2,1-3H3,(H,17,19)/b8-7+. The van der Waals surface area contributed by atoms with E-state index in [9.17, 15) is 4.79 Å². The van der Waals surface area contributed by atoms with Crippen LogP contribution in [0.4, 0.5) is 0 Å². The largest absolute Gasteiger partial charge is 0.491 e. The molecule has 0 aliphatic carbocycles. The van der Waals surface area contributed by atoms with E-state index >= 15 is 0 Å². The minimum Gasteiger partial charge on any atom is -0.491 e. The first-order valence-electron chi connectivity index (χ1n) is 6.87. The minimum absolute atomic E-state index is 0.0345. The summed E-state index contributed by atoms with van der Waals surface area (Å²) in [6, 6.07) is 7.55. The smallest absolute Gasteiger partial charge is 0.244 e. The molecular weight excluding hydrogens is 254 g/mol. The molecule has 1 aromatic rings. The highest BCUT2D eigenvalue weighted by Gasteiger charge is 2.03. The van der Waals surface area contributed by atoms with Crippen molar-refractivity contribution in [3.8, 4) is 5.75 Å². The van der Waals surface area contributed by atoms with Crippen LogP contribution in [0.25, 0.3) is 6.08 Å². The van der Waals surface area contributed by atoms with E-state index in [0.29, 0.717) is 6.42 Å². The molecule has 0 aliphatic heterocycles. The van der Waals surface area contributed by atoms with Crippen molar-refractivity contribution in [2.24, 2.45) is 0 Å². The summed E-state index contributed by atoms with van der Waals surface area (Å²) in [5, 5.41) is 11.6. The molecule has 0 radical (unpaired) electrons. The normalized spacial score (nSPS) is 12.7. The molecule has 1 atom stereocenters. The molecular formula is C16H23NO3. The Hall–Kier alpha value is -1.81. The Kier molecular flexibility index (Phi) is 6.81. The van der Waals surface area contributed by atoms with Gasteiger partial charge in [-0.2, -0.15) is 0 Å². The Morgan fingerprint density at radius 1 is 1.40 bits per heavy atom. The Morgan fingerprint density at radius 2 is 2.15 bits per heavy atom. The van der Waals surface area contributed by atoms with Crippen LogP contribution in [-0.2, 0) is 4.79 Å². The molecule has 110 valence electrons. The lowest BCUT2D eigenvalue weighted by molar-refractivity contribution is -0.117. The number of ether oxygens (including phenoxy) is 1. The van der Waals surface area contributed by atoms with Gasteiger partial charge in [-0.05, 0) is 51.0 Å². The van der Waals surface area contributed by atoms with Crippen molar-refractivity contribution < 1.29 is 14.6 Å². The van der Waals surface area contributed by atoms with Crippen molar-refractivity contribution >= 4 is 12.0 Å². The minimum atomic E-state index is -0.166. The number of aliphatic hydroxyl groups excluding tert-OH is 1. The van der Waals surface area contributed by atoms with E-state index in [1.54, 1.807) is 6.08 Å². The van der Waals surface area contributed by atoms with Gasteiger partial charge in [0, 0.05) is 18.7 Å². The van der Waals surface area contributed by atoms with E-state index < -0.39 is 0 Å². The topological polar surface area (TPSA) is 58.6 Å². The number of carbonyl (C=O) groups is 1. The first-order valence-corrected chi connectivity index (χ1v) is 6.87. The van der Waals surface area contributed by atoms with Crippen LogP contribution in [0.15, 0.2) is 30.3 Å². The Morgan fingerprint density at radius 3 is 2.80 bits per heavy atom. The summed E-state index contributed by atoms with van der Waals surface area (Å²) >= 11 is 0. The first-order chi connectivity index (χ1) is 9.51. The van der Waals surface area contributed by atoms with Crippen molar-refractivity contribution in [2.75, 3.05) is 6.61 Å². The number of nitrogens with one attached hydrogen (secondary N) is 1. The maximum atomic E-state index is 11.7. The van der Waals surface area contributed by atoms with Crippen LogP contribution in [-0.4, -0.2) is 29.8 Å². The predicted molar refractivity (Wildman–Crippen MR) is 80.5 cm³/mol. The fourth-order valence-corrected chi connectivity index (χ4v) is 1.69. The molecule has 0 spiro atoms. The Balaban J connectivity index is 2.58. The van der Waals surface area contributed by atoms with Crippen LogP contribution in [0.1, 0.15) is 32.8 Å². The second kappa shape index (κ2) is 8.38. The van der Waals surface area contributed by atoms with Crippen molar-refractivity contribution in [3.05, 3.63) is 35.9 Å². The molecule has 0 aromatic heterocycles. The molecule has 1 unspecified atom stereocenters. The summed E-state index contributed by atoms with van der Waals surface area (Å²) in [6.45, 7) is 5.87. The molecule has 1 amide bonds. The zero-order valence-electron chi connectivity index (χ0n) is 12.3. The fraction of sp³-hybridized carbons (Fsp3) is 0.438. The van der Waals surface area contributed by atoms with Crippen LogP contribution in [0.5, 0.6) is 5.75 Å². The Bertz CT molecular complexity index is 455. The molecule has 20 heavy (non-hydrogen) atoms. The van der Waals surface area contributed by atoms with Gasteiger partial charge in [-0.15, -0.1) is 0 Å². The fourth-order valence-electron chi connectivity index (χ4n) is 1.69. The number of amides is 1. The molecule has 0 fully saturated rings. The zero-order valence-corrected chi connectivity index (χ0v) is 12.3. The average molecular weight is 277 g/mol. The monoisotopic (exact) mass is 277 g/mol. The predicted octanol–water partition coefficient (Wildman–Crippen LogP) is 2.37. The van der Waals surface area contributed by atoms with Gasteiger partial charge in [0.05, 0.1) is 6.10 Å². The van der Waals surface area contributed by atoms with Crippen molar-refractivity contribution in [3.63, 3.8) is 0 Å². The van der Waals surface area contributed by atoms with Crippen LogP contribution in [0.2, 0.25) is 0 Å². The molecule has 1 aromatic carbocycles. The maximum Gasteiger partial charge on any atom is 0.244 e. The molecule has 2 N–H and O–H groups in total. The highest BCUT2D eigenvalue weighted by atomic mass is 16.5. The number of rotatable bonds is 7. The highest BCUT2D eigenvalue weighted by molar-refractivity contribution is 5.91. The van der Waals surface area contributed by atoms with Gasteiger partial charge >= 0.3 is 0 Å². The number of hydrogen-bond acceptors (Lipinski definition) is 3. The van der Waals surface area contributed by atoms with Crippen LogP contribution in [0.3, 0.4) is 0 Å². The van der Waals surface area contributed by atoms with E-state index in [0.717, 1.165) is 11.3 Å². The molecule has 0 saturated heterocycles. The molecule has 4 heteroatoms. The van der Waals surface area contributed by atoms with Gasteiger partial charge in [0.1, 0.15) is 5.75 Å². The van der Waals surface area contributed by atoms with Gasteiger partial charge in [-0.25, -0.2) is 0 Å². The number of aliphatic hydroxyl groups is 1. The third kappa shape index (κ3) is 6.38. The summed E-state index contributed by atoms with van der Waals surface area (Å²) in [5.41, 5.74) is 0.910. The van der Waals surface area contributed by atoms with Gasteiger partial charge in [-0.1, -0.05) is 12.1 Å². The van der Waals surface area contributed by atoms with Gasteiger partial charge in [0.25, 0.3) is 0 Å². The third-order valence-electron chi connectivity index (χ3n) is 2.61. The molecule has 1 rings (SSSR count). The quantitative estimate of drug-likeness (QED) is 0.752. The summed E-state index contributed by atoms with van der Waals surface area (Å²) in [7, 11) is 0. The number of carbonyl (C=O) groups excluding carboxylic acids is 1. The lowest BCUT2D eigenvalue weighted by atomic mass is 10.2. The van der Waals surface area contributed by atoms with Crippen molar-refractivity contribution in [2.45, 2.75) is 39.3 Å². The molecule has 0 heterocycles. The summed E-state index contributed by atoms with van der Waals surface area (Å²) in [5.74, 6) is 0.623. The van der Waals surface area contributed by atoms with Gasteiger partial charge in [0.2, 0.25) is 5.91 Å². The molecule has 0 bridgehead atoms. The van der Waals surface area contributed by atoms with E-state index in [2.05, 4.69) is 5.32 Å². The number of benzene rings is 1. The lowest BCUT2D eigenvalue weighted by Crippen LogP contribution is -2.31. The van der Waals surface area contributed by atoms with Crippen LogP contribution in [0, 0.1) is 0 Å². The van der Waals surface area contributed by atoms with Gasteiger partial charge in [0.15, 0.2) is 0 Å². The van der Waals surface area contributed by atoms with Gasteiger partial charge in [-0.3, -0.25) is 4.79 Å². The SMILES string of the molecule is CC(CCO)NC(=O)/C=C/c1cccc(OC(C)C)c1. The van der Waals surface area contributed by atoms with E-state index in [1.165, 1.54) is 6.08 Å². The van der Waals surface area contributed by atoms with Crippen molar-refractivity contribution in [1.82, 2.24) is 5.32 Å². The summed E-state index contributed by atoms with van der Waals surface area (Å²) in [6.07, 6.45) is 3.91. The summed E-state index contributed by atoms with van der Waals surface area (Å²) in [4.78, 5) is 11.7. The maximum absolute atomic E-state index is 11.7. The second-order valence-electron chi connectivity index (χ2n) is 4.99. The lowest BCUT2D eigenvalue weighted by Gasteiger charge is -2.10. The molecule has 4 nitrogen and oxygen atoms in total. The van der Waals surface area contributed by atoms with Crippen LogP contribution < -0.4 is 10.1 Å². The average Bonchev–Trinajstić information content (AvgIpc) is 2.36. The van der Waals surface area contributed by atoms with E-state index in [-0.39, 0.29) is 24.7 Å². The number of hydrogen-bond donors (Lipinski definition) is 2. The third-order valence-corrected chi connectivity index (χ3v) is 2.61. The zero-order chi connectivity index (χ0) is 15.0. The van der Waals surface area contributed by atoms with E-state index in [1.807, 2.05) is 45.0 Å². The second-order valence-corrected chi connectivity index (χ2v) is 4.99. The first kappa shape index (κ1) is 16.2.